The topological polar surface area (TPSA) is 8.17 Å². The molecule has 0 saturated heterocycles. The zero-order valence-corrected chi connectivity index (χ0v) is 13.7. The van der Waals surface area contributed by atoms with Crippen molar-refractivity contribution in [2.24, 2.45) is 0 Å². The first-order valence-corrected chi connectivity index (χ1v) is 7.32. The third-order valence-corrected chi connectivity index (χ3v) is 3.60. The lowest BCUT2D eigenvalue weighted by Gasteiger charge is -2.07. The first kappa shape index (κ1) is 14.4. The number of nitrogens with zero attached hydrogens (tertiary/aromatic N) is 2. The predicted octanol–water partition coefficient (Wildman–Crippen LogP) is 4.43. The highest BCUT2D eigenvalue weighted by molar-refractivity contribution is 9.10. The molecule has 1 heterocycles. The Morgan fingerprint density at radius 1 is 1.32 bits per heavy atom. The summed E-state index contributed by atoms with van der Waals surface area (Å²) < 4.78 is 3.46. The van der Waals surface area contributed by atoms with Crippen LogP contribution < -0.4 is 0 Å². The monoisotopic (exact) mass is 320 g/mol. The highest BCUT2D eigenvalue weighted by Crippen LogP contribution is 2.26. The molecule has 0 aliphatic rings. The van der Waals surface area contributed by atoms with Gasteiger partial charge in [0.05, 0.1) is 0 Å². The average Bonchev–Trinajstić information content (AvgIpc) is 2.63. The van der Waals surface area contributed by atoms with Crippen LogP contribution in [0.2, 0.25) is 0 Å². The fourth-order valence-electron chi connectivity index (χ4n) is 2.24. The van der Waals surface area contributed by atoms with Crippen LogP contribution in [0.3, 0.4) is 0 Å². The van der Waals surface area contributed by atoms with Crippen molar-refractivity contribution in [3.63, 3.8) is 0 Å². The second-order valence-corrected chi connectivity index (χ2v) is 6.40. The number of halogens is 1. The fourth-order valence-corrected chi connectivity index (χ4v) is 2.59. The number of aromatic nitrogens is 1. The molecule has 0 saturated carbocycles. The Bertz CT molecular complexity index is 604. The van der Waals surface area contributed by atoms with E-state index in [4.69, 9.17) is 0 Å². The van der Waals surface area contributed by atoms with Crippen LogP contribution in [0.15, 0.2) is 40.5 Å². The van der Waals surface area contributed by atoms with Crippen LogP contribution in [0.25, 0.3) is 10.9 Å². The Hall–Kier alpha value is -1.06. The smallest absolute Gasteiger partial charge is 0.0497 e. The van der Waals surface area contributed by atoms with Gasteiger partial charge in [-0.1, -0.05) is 33.6 Å². The minimum atomic E-state index is 0.933. The van der Waals surface area contributed by atoms with E-state index < -0.39 is 0 Å². The van der Waals surface area contributed by atoms with Gasteiger partial charge >= 0.3 is 0 Å². The molecular weight excluding hydrogens is 300 g/mol. The molecule has 0 spiro atoms. The van der Waals surface area contributed by atoms with Gasteiger partial charge in [-0.15, -0.1) is 0 Å². The molecule has 0 bridgehead atoms. The first-order chi connectivity index (χ1) is 8.97. The van der Waals surface area contributed by atoms with E-state index in [9.17, 15) is 0 Å². The molecule has 0 fully saturated rings. The second-order valence-electron chi connectivity index (χ2n) is 5.49. The lowest BCUT2D eigenvalue weighted by Crippen LogP contribution is -2.10. The minimum Gasteiger partial charge on any atom is -0.343 e. The fraction of sp³-hybridized carbons (Fsp3) is 0.375. The molecular formula is C16H21BrN2. The Kier molecular flexibility index (Phi) is 4.48. The quantitative estimate of drug-likeness (QED) is 0.756. The van der Waals surface area contributed by atoms with E-state index in [1.807, 2.05) is 0 Å². The highest BCUT2D eigenvalue weighted by atomic mass is 79.9. The number of hydrogen-bond acceptors (Lipinski definition) is 1. The molecule has 2 aromatic rings. The molecule has 1 aromatic carbocycles. The first-order valence-electron chi connectivity index (χ1n) is 6.52. The zero-order chi connectivity index (χ0) is 14.0. The number of allylic oxidation sites excluding steroid dienone is 2. The van der Waals surface area contributed by atoms with Gasteiger partial charge in [0.25, 0.3) is 0 Å². The van der Waals surface area contributed by atoms with Crippen molar-refractivity contribution < 1.29 is 0 Å². The zero-order valence-electron chi connectivity index (χ0n) is 12.1. The van der Waals surface area contributed by atoms with Crippen molar-refractivity contribution >= 4 is 26.8 Å². The number of rotatable bonds is 4. The summed E-state index contributed by atoms with van der Waals surface area (Å²) in [5.41, 5.74) is 4.03. The molecule has 0 aliphatic heterocycles. The van der Waals surface area contributed by atoms with Gasteiger partial charge in [-0.2, -0.15) is 0 Å². The van der Waals surface area contributed by atoms with E-state index in [2.05, 4.69) is 83.8 Å². The molecule has 19 heavy (non-hydrogen) atoms. The van der Waals surface area contributed by atoms with Gasteiger partial charge < -0.3 is 9.47 Å². The van der Waals surface area contributed by atoms with E-state index in [-0.39, 0.29) is 0 Å². The van der Waals surface area contributed by atoms with Crippen LogP contribution >= 0.6 is 15.9 Å². The third kappa shape index (κ3) is 3.48. The van der Waals surface area contributed by atoms with Crippen molar-refractivity contribution in [3.8, 4) is 0 Å². The van der Waals surface area contributed by atoms with Gasteiger partial charge in [-0.05, 0) is 45.6 Å². The Morgan fingerprint density at radius 2 is 2.05 bits per heavy atom. The van der Waals surface area contributed by atoms with Crippen molar-refractivity contribution in [1.82, 2.24) is 9.47 Å². The summed E-state index contributed by atoms with van der Waals surface area (Å²) in [5.74, 6) is 0. The van der Waals surface area contributed by atoms with Crippen molar-refractivity contribution in [2.75, 3.05) is 14.1 Å². The maximum absolute atomic E-state index is 3.57. The normalized spacial score (nSPS) is 11.3. The van der Waals surface area contributed by atoms with Crippen molar-refractivity contribution in [1.29, 1.82) is 0 Å². The molecule has 0 unspecified atom stereocenters. The number of hydrogen-bond donors (Lipinski definition) is 0. The average molecular weight is 321 g/mol. The summed E-state index contributed by atoms with van der Waals surface area (Å²) in [6, 6.07) is 6.53. The summed E-state index contributed by atoms with van der Waals surface area (Å²) in [7, 11) is 4.22. The van der Waals surface area contributed by atoms with Gasteiger partial charge in [-0.25, -0.2) is 0 Å². The SMILES string of the molecule is CC(C)=CCn1cc(CN(C)C)c2ccc(Br)cc21. The summed E-state index contributed by atoms with van der Waals surface area (Å²) in [6.07, 6.45) is 4.54. The van der Waals surface area contributed by atoms with Crippen LogP contribution in [0.1, 0.15) is 19.4 Å². The van der Waals surface area contributed by atoms with Crippen LogP contribution in [0.4, 0.5) is 0 Å². The van der Waals surface area contributed by atoms with E-state index in [1.165, 1.54) is 22.0 Å². The Balaban J connectivity index is 2.50. The van der Waals surface area contributed by atoms with Crippen LogP contribution in [-0.2, 0) is 13.1 Å². The Morgan fingerprint density at radius 3 is 2.68 bits per heavy atom. The summed E-state index contributed by atoms with van der Waals surface area (Å²) in [6.45, 7) is 6.19. The third-order valence-electron chi connectivity index (χ3n) is 3.11. The predicted molar refractivity (Wildman–Crippen MR) is 86.5 cm³/mol. The molecule has 0 amide bonds. The van der Waals surface area contributed by atoms with Gasteiger partial charge in [0, 0.05) is 34.7 Å². The van der Waals surface area contributed by atoms with E-state index >= 15 is 0 Å². The van der Waals surface area contributed by atoms with Gasteiger partial charge in [-0.3, -0.25) is 0 Å². The second kappa shape index (κ2) is 5.93. The highest BCUT2D eigenvalue weighted by Gasteiger charge is 2.09. The molecule has 1 aromatic heterocycles. The lowest BCUT2D eigenvalue weighted by atomic mass is 10.2. The largest absolute Gasteiger partial charge is 0.343 e. The summed E-state index contributed by atoms with van der Waals surface area (Å²) in [4.78, 5) is 2.21. The molecule has 0 radical (unpaired) electrons. The van der Waals surface area contributed by atoms with Crippen LogP contribution in [0.5, 0.6) is 0 Å². The Labute approximate surface area is 123 Å². The molecule has 0 N–H and O–H groups in total. The summed E-state index contributed by atoms with van der Waals surface area (Å²) >= 11 is 3.57. The van der Waals surface area contributed by atoms with Crippen LogP contribution in [-0.4, -0.2) is 23.6 Å². The summed E-state index contributed by atoms with van der Waals surface area (Å²) in [5, 5.41) is 1.35. The van der Waals surface area contributed by atoms with Gasteiger partial charge in [0.15, 0.2) is 0 Å². The van der Waals surface area contributed by atoms with Gasteiger partial charge in [0.1, 0.15) is 0 Å². The van der Waals surface area contributed by atoms with Crippen molar-refractivity contribution in [3.05, 3.63) is 46.1 Å². The lowest BCUT2D eigenvalue weighted by molar-refractivity contribution is 0.403. The number of fused-ring (bicyclic) bond motifs is 1. The molecule has 2 rings (SSSR count). The minimum absolute atomic E-state index is 0.933. The molecule has 0 atom stereocenters. The van der Waals surface area contributed by atoms with E-state index in [0.29, 0.717) is 0 Å². The molecule has 102 valence electrons. The van der Waals surface area contributed by atoms with E-state index in [0.717, 1.165) is 17.6 Å². The molecule has 3 heteroatoms. The maximum Gasteiger partial charge on any atom is 0.0497 e. The molecule has 2 nitrogen and oxygen atoms in total. The van der Waals surface area contributed by atoms with E-state index in [1.54, 1.807) is 0 Å². The van der Waals surface area contributed by atoms with Crippen LogP contribution in [0, 0.1) is 0 Å². The van der Waals surface area contributed by atoms with Crippen molar-refractivity contribution in [2.45, 2.75) is 26.9 Å². The standard InChI is InChI=1S/C16H21BrN2/c1-12(2)7-8-19-11-13(10-18(3)4)15-6-5-14(17)9-16(15)19/h5-7,9,11H,8,10H2,1-4H3. The maximum atomic E-state index is 3.57. The number of benzene rings is 1. The van der Waals surface area contributed by atoms with Gasteiger partial charge in [0.2, 0.25) is 0 Å². The molecule has 0 aliphatic carbocycles.